The van der Waals surface area contributed by atoms with Crippen molar-refractivity contribution in [1.82, 2.24) is 10.6 Å². The van der Waals surface area contributed by atoms with Crippen molar-refractivity contribution in [1.29, 1.82) is 0 Å². The number of carbonyl (C=O) groups is 3. The molecule has 2 aliphatic rings. The van der Waals surface area contributed by atoms with Crippen molar-refractivity contribution in [3.8, 4) is 5.75 Å². The van der Waals surface area contributed by atoms with E-state index in [1.807, 2.05) is 12.1 Å². The van der Waals surface area contributed by atoms with E-state index in [1.54, 1.807) is 7.11 Å². The van der Waals surface area contributed by atoms with Crippen LogP contribution in [-0.4, -0.2) is 37.0 Å². The van der Waals surface area contributed by atoms with E-state index in [-0.39, 0.29) is 11.1 Å². The van der Waals surface area contributed by atoms with Crippen LogP contribution in [0.5, 0.6) is 5.75 Å². The van der Waals surface area contributed by atoms with Crippen molar-refractivity contribution in [2.24, 2.45) is 0 Å². The van der Waals surface area contributed by atoms with Gasteiger partial charge in [-0.15, -0.1) is 0 Å². The van der Waals surface area contributed by atoms with Crippen molar-refractivity contribution >= 4 is 29.6 Å². The normalized spacial score (nSPS) is 21.4. The first-order valence-electron chi connectivity index (χ1n) is 9.06. The van der Waals surface area contributed by atoms with Crippen molar-refractivity contribution < 1.29 is 19.1 Å². The molecular weight excluding hydrogens is 346 g/mol. The Morgan fingerprint density at radius 2 is 1.85 bits per heavy atom. The molecule has 144 valence electrons. The minimum Gasteiger partial charge on any atom is -0.496 e. The molecule has 3 rings (SSSR count). The summed E-state index contributed by atoms with van der Waals surface area (Å²) < 4.78 is 5.54. The summed E-state index contributed by atoms with van der Waals surface area (Å²) in [6.07, 6.45) is 2.46. The van der Waals surface area contributed by atoms with Crippen LogP contribution < -0.4 is 20.3 Å². The van der Waals surface area contributed by atoms with Crippen LogP contribution >= 0.6 is 0 Å². The largest absolute Gasteiger partial charge is 0.496 e. The fourth-order valence-electron chi connectivity index (χ4n) is 4.18. The molecule has 0 bridgehead atoms. The monoisotopic (exact) mass is 371 g/mol. The third kappa shape index (κ3) is 3.29. The lowest BCUT2D eigenvalue weighted by atomic mass is 9.79. The highest BCUT2D eigenvalue weighted by atomic mass is 16.5. The Hall–Kier alpha value is -2.83. The van der Waals surface area contributed by atoms with Gasteiger partial charge < -0.3 is 9.64 Å². The zero-order valence-corrected chi connectivity index (χ0v) is 16.3. The first-order chi connectivity index (χ1) is 12.7. The van der Waals surface area contributed by atoms with Gasteiger partial charge in [-0.25, -0.2) is 4.79 Å². The number of anilines is 1. The summed E-state index contributed by atoms with van der Waals surface area (Å²) in [6, 6.07) is 3.13. The smallest absolute Gasteiger partial charge is 0.328 e. The minimum atomic E-state index is -0.811. The number of hydrogen-bond acceptors (Lipinski definition) is 5. The average Bonchev–Trinajstić information content (AvgIpc) is 2.57. The van der Waals surface area contributed by atoms with E-state index in [9.17, 15) is 14.4 Å². The van der Waals surface area contributed by atoms with Crippen LogP contribution in [0.4, 0.5) is 10.5 Å². The Morgan fingerprint density at radius 3 is 2.41 bits per heavy atom. The molecule has 4 amide bonds. The molecule has 0 aliphatic carbocycles. The summed E-state index contributed by atoms with van der Waals surface area (Å²) in [5.41, 5.74) is 2.79. The molecule has 1 aromatic rings. The molecule has 2 N–H and O–H groups in total. The average molecular weight is 371 g/mol. The van der Waals surface area contributed by atoms with E-state index >= 15 is 0 Å². The number of nitrogens with one attached hydrogen (secondary N) is 2. The maximum Gasteiger partial charge on any atom is 0.328 e. The minimum absolute atomic E-state index is 0.0235. The molecule has 0 radical (unpaired) electrons. The number of fused-ring (bicyclic) bond motifs is 1. The molecule has 1 atom stereocenters. The molecular formula is C20H25N3O4. The summed E-state index contributed by atoms with van der Waals surface area (Å²) in [7, 11) is 1.56. The third-order valence-electron chi connectivity index (χ3n) is 5.30. The van der Waals surface area contributed by atoms with Crippen molar-refractivity contribution in [2.45, 2.75) is 45.6 Å². The third-order valence-corrected chi connectivity index (χ3v) is 5.30. The molecule has 1 aromatic carbocycles. The van der Waals surface area contributed by atoms with Gasteiger partial charge in [0.05, 0.1) is 7.11 Å². The summed E-state index contributed by atoms with van der Waals surface area (Å²) in [5, 5.41) is 4.18. The van der Waals surface area contributed by atoms with Crippen molar-refractivity contribution in [2.75, 3.05) is 18.6 Å². The van der Waals surface area contributed by atoms with Crippen LogP contribution in [0.25, 0.3) is 6.08 Å². The van der Waals surface area contributed by atoms with Crippen LogP contribution in [0.2, 0.25) is 0 Å². The van der Waals surface area contributed by atoms with Gasteiger partial charge in [0.2, 0.25) is 0 Å². The van der Waals surface area contributed by atoms with Crippen LogP contribution in [0.3, 0.4) is 0 Å². The number of ether oxygens (including phenoxy) is 1. The van der Waals surface area contributed by atoms with Gasteiger partial charge in [-0.2, -0.15) is 0 Å². The molecule has 7 nitrogen and oxygen atoms in total. The number of imide groups is 2. The number of rotatable bonds is 3. The molecule has 7 heteroatoms. The zero-order chi connectivity index (χ0) is 19.9. The lowest BCUT2D eigenvalue weighted by Gasteiger charge is -2.47. The molecule has 1 saturated heterocycles. The number of benzene rings is 1. The highest BCUT2D eigenvalue weighted by molar-refractivity contribution is 6.31. The first-order valence-corrected chi connectivity index (χ1v) is 9.06. The van der Waals surface area contributed by atoms with Gasteiger partial charge in [0.25, 0.3) is 11.8 Å². The number of carbonyl (C=O) groups excluding carboxylic acids is 3. The predicted octanol–water partition coefficient (Wildman–Crippen LogP) is 2.56. The lowest BCUT2D eigenvalue weighted by molar-refractivity contribution is -0.123. The molecule has 0 spiro atoms. The molecule has 0 aromatic heterocycles. The number of hydrogen-bond donors (Lipinski definition) is 2. The van der Waals surface area contributed by atoms with Crippen LogP contribution in [0.15, 0.2) is 17.7 Å². The summed E-state index contributed by atoms with van der Waals surface area (Å²) in [6.45, 7) is 9.62. The van der Waals surface area contributed by atoms with Crippen LogP contribution in [0, 0.1) is 0 Å². The SMILES string of the molecule is CCN1c2cc(OC)c(C=C3C(=O)NC(=O)NC3=O)cc2C(C)CC1(C)C. The van der Waals surface area contributed by atoms with Gasteiger partial charge >= 0.3 is 6.03 Å². The van der Waals surface area contributed by atoms with Crippen molar-refractivity contribution in [3.63, 3.8) is 0 Å². The fourth-order valence-corrected chi connectivity index (χ4v) is 4.18. The van der Waals surface area contributed by atoms with Gasteiger partial charge in [-0.1, -0.05) is 6.92 Å². The van der Waals surface area contributed by atoms with Gasteiger partial charge in [0.15, 0.2) is 0 Å². The maximum absolute atomic E-state index is 12.0. The first kappa shape index (κ1) is 18.9. The van der Waals surface area contributed by atoms with Gasteiger partial charge in [0.1, 0.15) is 11.3 Å². The predicted molar refractivity (Wildman–Crippen MR) is 103 cm³/mol. The standard InChI is InChI=1S/C20H25N3O4/c1-6-23-15-9-16(27-5)12(7-13(15)11(2)10-20(23,3)4)8-14-17(24)21-19(26)22-18(14)25/h7-9,11H,6,10H2,1-5H3,(H2,21,22,24,25,26). The van der Waals surface area contributed by atoms with E-state index in [1.165, 1.54) is 6.08 Å². The van der Waals surface area contributed by atoms with E-state index in [0.29, 0.717) is 17.2 Å². The second kappa shape index (κ2) is 6.72. The molecule has 27 heavy (non-hydrogen) atoms. The number of methoxy groups -OCH3 is 1. The molecule has 2 aliphatic heterocycles. The Bertz CT molecular complexity index is 835. The number of urea groups is 1. The number of barbiturate groups is 1. The Kier molecular flexibility index (Phi) is 4.71. The molecule has 1 unspecified atom stereocenters. The van der Waals surface area contributed by atoms with E-state index in [0.717, 1.165) is 24.2 Å². The van der Waals surface area contributed by atoms with Gasteiger partial charge in [-0.3, -0.25) is 20.2 Å². The fraction of sp³-hybridized carbons (Fsp3) is 0.450. The second-order valence-electron chi connectivity index (χ2n) is 7.61. The summed E-state index contributed by atoms with van der Waals surface area (Å²) >= 11 is 0. The topological polar surface area (TPSA) is 87.7 Å². The van der Waals surface area contributed by atoms with Crippen LogP contribution in [-0.2, 0) is 9.59 Å². The summed E-state index contributed by atoms with van der Waals surface area (Å²) in [4.78, 5) is 37.7. The molecule has 1 fully saturated rings. The van der Waals surface area contributed by atoms with Gasteiger partial charge in [0, 0.05) is 29.4 Å². The number of amides is 4. The lowest BCUT2D eigenvalue weighted by Crippen LogP contribution is -2.51. The Morgan fingerprint density at radius 1 is 1.22 bits per heavy atom. The van der Waals surface area contributed by atoms with E-state index in [2.05, 4.69) is 43.2 Å². The highest BCUT2D eigenvalue weighted by Gasteiger charge is 2.36. The Balaban J connectivity index is 2.13. The number of nitrogens with zero attached hydrogens (tertiary/aromatic N) is 1. The van der Waals surface area contributed by atoms with Crippen molar-refractivity contribution in [3.05, 3.63) is 28.8 Å². The quantitative estimate of drug-likeness (QED) is 0.630. The van der Waals surface area contributed by atoms with E-state index in [4.69, 9.17) is 4.74 Å². The summed E-state index contributed by atoms with van der Waals surface area (Å²) in [5.74, 6) is -0.542. The van der Waals surface area contributed by atoms with Crippen LogP contribution in [0.1, 0.15) is 51.2 Å². The van der Waals surface area contributed by atoms with E-state index < -0.39 is 17.8 Å². The maximum atomic E-state index is 12.0. The molecule has 0 saturated carbocycles. The van der Waals surface area contributed by atoms with Gasteiger partial charge in [-0.05, 0) is 50.8 Å². The Labute approximate surface area is 158 Å². The zero-order valence-electron chi connectivity index (χ0n) is 16.3. The highest BCUT2D eigenvalue weighted by Crippen LogP contribution is 2.45. The molecule has 2 heterocycles. The second-order valence-corrected chi connectivity index (χ2v) is 7.61.